The van der Waals surface area contributed by atoms with Crippen molar-refractivity contribution in [1.29, 1.82) is 0 Å². The molecule has 1 amide bonds. The third-order valence-corrected chi connectivity index (χ3v) is 4.51. The van der Waals surface area contributed by atoms with Gasteiger partial charge in [0.05, 0.1) is 17.2 Å². The molecule has 0 bridgehead atoms. The first-order valence-corrected chi connectivity index (χ1v) is 8.07. The molecule has 1 rings (SSSR count). The van der Waals surface area contributed by atoms with Crippen molar-refractivity contribution in [2.24, 2.45) is 5.92 Å². The molecule has 0 aliphatic rings. The van der Waals surface area contributed by atoms with Gasteiger partial charge in [-0.1, -0.05) is 13.8 Å². The number of hydrogen-bond donors (Lipinski definition) is 2. The number of carbonyl (C=O) groups excluding carboxylic acids is 1. The van der Waals surface area contributed by atoms with Crippen molar-refractivity contribution in [3.63, 3.8) is 0 Å². The molecule has 0 aliphatic heterocycles. The molecule has 1 aromatic rings. The number of hydrogen-bond acceptors (Lipinski definition) is 4. The van der Waals surface area contributed by atoms with Gasteiger partial charge < -0.3 is 11.1 Å². The molecule has 20 heavy (non-hydrogen) atoms. The Morgan fingerprint density at radius 2 is 2.05 bits per heavy atom. The number of benzene rings is 1. The Morgan fingerprint density at radius 1 is 1.40 bits per heavy atom. The van der Waals surface area contributed by atoms with Crippen LogP contribution in [0.25, 0.3) is 0 Å². The highest BCUT2D eigenvalue weighted by molar-refractivity contribution is 7.91. The molecule has 0 unspecified atom stereocenters. The van der Waals surface area contributed by atoms with Gasteiger partial charge >= 0.3 is 0 Å². The van der Waals surface area contributed by atoms with E-state index in [9.17, 15) is 17.6 Å². The van der Waals surface area contributed by atoms with Crippen LogP contribution in [0.5, 0.6) is 0 Å². The predicted molar refractivity (Wildman–Crippen MR) is 77.6 cm³/mol. The summed E-state index contributed by atoms with van der Waals surface area (Å²) >= 11 is 0. The van der Waals surface area contributed by atoms with E-state index < -0.39 is 21.6 Å². The lowest BCUT2D eigenvalue weighted by molar-refractivity contribution is -0.115. The molecule has 7 heteroatoms. The quantitative estimate of drug-likeness (QED) is 0.784. The van der Waals surface area contributed by atoms with Crippen LogP contribution in [0.3, 0.4) is 0 Å². The maximum atomic E-state index is 12.9. The minimum atomic E-state index is -3.23. The lowest BCUT2D eigenvalue weighted by Crippen LogP contribution is -2.21. The molecular weight excluding hydrogens is 283 g/mol. The largest absolute Gasteiger partial charge is 0.396 e. The Morgan fingerprint density at radius 3 is 2.60 bits per heavy atom. The third kappa shape index (κ3) is 5.56. The molecule has 0 fully saturated rings. The summed E-state index contributed by atoms with van der Waals surface area (Å²) in [5.41, 5.74) is 5.64. The number of carbonyl (C=O) groups is 1. The summed E-state index contributed by atoms with van der Waals surface area (Å²) in [4.78, 5) is 11.6. The van der Waals surface area contributed by atoms with Crippen LogP contribution in [0, 0.1) is 11.7 Å². The van der Waals surface area contributed by atoms with Gasteiger partial charge in [0, 0.05) is 12.1 Å². The van der Waals surface area contributed by atoms with Gasteiger partial charge in [0.15, 0.2) is 9.84 Å². The second-order valence-corrected chi connectivity index (χ2v) is 7.27. The van der Waals surface area contributed by atoms with E-state index in [1.807, 2.05) is 0 Å². The number of nitrogen functional groups attached to an aromatic ring is 1. The molecule has 3 N–H and O–H groups in total. The van der Waals surface area contributed by atoms with E-state index in [-0.39, 0.29) is 29.5 Å². The monoisotopic (exact) mass is 302 g/mol. The van der Waals surface area contributed by atoms with E-state index in [1.165, 1.54) is 12.1 Å². The molecule has 0 heterocycles. The molecule has 0 aromatic heterocycles. The van der Waals surface area contributed by atoms with E-state index in [1.54, 1.807) is 13.8 Å². The Bertz CT molecular complexity index is 585. The second kappa shape index (κ2) is 6.69. The number of sulfone groups is 1. The minimum Gasteiger partial charge on any atom is -0.396 e. The van der Waals surface area contributed by atoms with Gasteiger partial charge in [0.2, 0.25) is 5.91 Å². The zero-order valence-electron chi connectivity index (χ0n) is 11.5. The number of nitrogens with two attached hydrogens (primary N) is 1. The number of rotatable bonds is 6. The fraction of sp³-hybridized carbons (Fsp3) is 0.462. The highest BCUT2D eigenvalue weighted by atomic mass is 32.2. The van der Waals surface area contributed by atoms with E-state index in [4.69, 9.17) is 5.73 Å². The van der Waals surface area contributed by atoms with Gasteiger partial charge in [-0.2, -0.15) is 0 Å². The predicted octanol–water partition coefficient (Wildman–Crippen LogP) is 1.81. The van der Waals surface area contributed by atoms with E-state index in [0.717, 1.165) is 6.07 Å². The van der Waals surface area contributed by atoms with Crippen LogP contribution in [0.15, 0.2) is 18.2 Å². The number of halogens is 1. The maximum Gasteiger partial charge on any atom is 0.225 e. The summed E-state index contributed by atoms with van der Waals surface area (Å²) in [7, 11) is -3.23. The Balaban J connectivity index is 2.54. The van der Waals surface area contributed by atoms with Gasteiger partial charge in [0.1, 0.15) is 5.82 Å². The van der Waals surface area contributed by atoms with Crippen LogP contribution in [0.2, 0.25) is 0 Å². The van der Waals surface area contributed by atoms with Crippen LogP contribution < -0.4 is 11.1 Å². The smallest absolute Gasteiger partial charge is 0.225 e. The third-order valence-electron chi connectivity index (χ3n) is 2.51. The van der Waals surface area contributed by atoms with Crippen molar-refractivity contribution in [2.75, 3.05) is 22.6 Å². The summed E-state index contributed by atoms with van der Waals surface area (Å²) in [5, 5.41) is 2.49. The average molecular weight is 302 g/mol. The topological polar surface area (TPSA) is 89.3 Å². The van der Waals surface area contributed by atoms with Crippen molar-refractivity contribution in [1.82, 2.24) is 0 Å². The standard InChI is InChI=1S/C13H19FN2O3S/c1-9(2)8-20(18,19)6-5-13(17)16-10-3-4-11(14)12(15)7-10/h3-4,7,9H,5-6,8,15H2,1-2H3,(H,16,17). The Hall–Kier alpha value is -1.63. The molecule has 0 saturated heterocycles. The Labute approximate surface area is 118 Å². The summed E-state index contributed by atoms with van der Waals surface area (Å²) < 4.78 is 36.2. The molecule has 0 radical (unpaired) electrons. The lowest BCUT2D eigenvalue weighted by atomic mass is 10.2. The fourth-order valence-electron chi connectivity index (χ4n) is 1.68. The summed E-state index contributed by atoms with van der Waals surface area (Å²) in [6, 6.07) is 3.79. The summed E-state index contributed by atoms with van der Waals surface area (Å²) in [6.45, 7) is 3.61. The van der Waals surface area contributed by atoms with Crippen molar-refractivity contribution in [3.05, 3.63) is 24.0 Å². The van der Waals surface area contributed by atoms with Crippen LogP contribution >= 0.6 is 0 Å². The number of amides is 1. The number of anilines is 2. The highest BCUT2D eigenvalue weighted by Crippen LogP contribution is 2.16. The summed E-state index contributed by atoms with van der Waals surface area (Å²) in [5.74, 6) is -1.12. The van der Waals surface area contributed by atoms with Crippen molar-refractivity contribution >= 4 is 27.1 Å². The summed E-state index contributed by atoms with van der Waals surface area (Å²) in [6.07, 6.45) is -0.133. The number of nitrogens with one attached hydrogen (secondary N) is 1. The van der Waals surface area contributed by atoms with Gasteiger partial charge in [-0.3, -0.25) is 4.79 Å². The van der Waals surface area contributed by atoms with Gasteiger partial charge in [-0.15, -0.1) is 0 Å². The zero-order chi connectivity index (χ0) is 15.3. The first-order valence-electron chi connectivity index (χ1n) is 6.25. The SMILES string of the molecule is CC(C)CS(=O)(=O)CCC(=O)Nc1ccc(F)c(N)c1. The van der Waals surface area contributed by atoms with Gasteiger partial charge in [0.25, 0.3) is 0 Å². The van der Waals surface area contributed by atoms with Crippen molar-refractivity contribution in [2.45, 2.75) is 20.3 Å². The molecule has 0 saturated carbocycles. The Kier molecular flexibility index (Phi) is 5.50. The normalized spacial score (nSPS) is 11.6. The van der Waals surface area contributed by atoms with Crippen molar-refractivity contribution < 1.29 is 17.6 Å². The first-order chi connectivity index (χ1) is 9.19. The molecular formula is C13H19FN2O3S. The van der Waals surface area contributed by atoms with Crippen LogP contribution in [0.4, 0.5) is 15.8 Å². The first kappa shape index (κ1) is 16.4. The van der Waals surface area contributed by atoms with Crippen LogP contribution in [-0.2, 0) is 14.6 Å². The van der Waals surface area contributed by atoms with Crippen LogP contribution in [-0.4, -0.2) is 25.8 Å². The van der Waals surface area contributed by atoms with E-state index in [2.05, 4.69) is 5.32 Å². The molecule has 5 nitrogen and oxygen atoms in total. The molecule has 0 spiro atoms. The molecule has 0 atom stereocenters. The minimum absolute atomic E-state index is 0.0277. The zero-order valence-corrected chi connectivity index (χ0v) is 12.3. The van der Waals surface area contributed by atoms with E-state index >= 15 is 0 Å². The van der Waals surface area contributed by atoms with Gasteiger partial charge in [-0.05, 0) is 24.1 Å². The van der Waals surface area contributed by atoms with Gasteiger partial charge in [-0.25, -0.2) is 12.8 Å². The highest BCUT2D eigenvalue weighted by Gasteiger charge is 2.15. The average Bonchev–Trinajstić information content (AvgIpc) is 2.30. The molecule has 0 aliphatic carbocycles. The molecule has 1 aromatic carbocycles. The second-order valence-electron chi connectivity index (χ2n) is 5.04. The maximum absolute atomic E-state index is 12.9. The van der Waals surface area contributed by atoms with E-state index in [0.29, 0.717) is 5.69 Å². The fourth-order valence-corrected chi connectivity index (χ4v) is 3.36. The molecule has 112 valence electrons. The van der Waals surface area contributed by atoms with Crippen molar-refractivity contribution in [3.8, 4) is 0 Å². The lowest BCUT2D eigenvalue weighted by Gasteiger charge is -2.08. The van der Waals surface area contributed by atoms with Crippen LogP contribution in [0.1, 0.15) is 20.3 Å².